The molecule has 3 N–H and O–H groups in total. The standard InChI is InChI=1S/C23H33N5O3S/c1-14(8-9-18(31-7)10-15(2)30-6)25-13-22-26-19-11-20(16(3)17(4)28-24-5)32-21(19)12-23(29)27-22/h8-11,14-15,25,28H,5,12-13H2,1-4,6-7H3,(H,26,27,29)/b9-8-,17-16+,18-10+. The van der Waals surface area contributed by atoms with Crippen molar-refractivity contribution in [3.8, 4) is 0 Å². The minimum atomic E-state index is -0.0664. The summed E-state index contributed by atoms with van der Waals surface area (Å²) in [6, 6.07) is 2.05. The largest absolute Gasteiger partial charge is 0.497 e. The fraction of sp³-hybridized carbons (Fsp3) is 0.435. The number of carbonyl (C=O) groups is 1. The minimum absolute atomic E-state index is 0.0378. The maximum absolute atomic E-state index is 12.4. The van der Waals surface area contributed by atoms with E-state index in [1.807, 2.05) is 52.0 Å². The average Bonchev–Trinajstić information content (AvgIpc) is 3.08. The second kappa shape index (κ2) is 12.3. The first kappa shape index (κ1) is 25.5. The van der Waals surface area contributed by atoms with Gasteiger partial charge in [-0.1, -0.05) is 6.08 Å². The van der Waals surface area contributed by atoms with Crippen LogP contribution in [0.4, 0.5) is 5.69 Å². The van der Waals surface area contributed by atoms with Crippen LogP contribution in [-0.4, -0.2) is 51.4 Å². The van der Waals surface area contributed by atoms with Crippen LogP contribution in [0.1, 0.15) is 37.4 Å². The molecule has 2 atom stereocenters. The molecule has 0 radical (unpaired) electrons. The van der Waals surface area contributed by atoms with Crippen LogP contribution in [0, 0.1) is 0 Å². The SMILES string of the molecule is C=NN/C(C)=C(\C)c1cc2c(s1)CC(=O)NC(CNC(C)/C=C\C(=C/C(C)OC)OC)=N2. The molecule has 0 spiro atoms. The Morgan fingerprint density at radius 1 is 1.41 bits per heavy atom. The fourth-order valence-electron chi connectivity index (χ4n) is 2.88. The molecule has 9 heteroatoms. The van der Waals surface area contributed by atoms with Crippen molar-refractivity contribution in [3.63, 3.8) is 0 Å². The summed E-state index contributed by atoms with van der Waals surface area (Å²) < 4.78 is 10.6. The highest BCUT2D eigenvalue weighted by Crippen LogP contribution is 2.35. The number of aliphatic imine (C=N–C) groups is 1. The maximum atomic E-state index is 12.4. The fourth-order valence-corrected chi connectivity index (χ4v) is 4.03. The number of nitrogens with zero attached hydrogens (tertiary/aromatic N) is 2. The van der Waals surface area contributed by atoms with Crippen LogP contribution in [0.2, 0.25) is 0 Å². The van der Waals surface area contributed by atoms with E-state index in [0.29, 0.717) is 18.8 Å². The van der Waals surface area contributed by atoms with Gasteiger partial charge in [-0.3, -0.25) is 10.2 Å². The number of allylic oxidation sites excluding steroid dienone is 3. The van der Waals surface area contributed by atoms with Gasteiger partial charge in [0, 0.05) is 35.3 Å². The molecule has 32 heavy (non-hydrogen) atoms. The van der Waals surface area contributed by atoms with Crippen molar-refractivity contribution in [2.45, 2.75) is 46.3 Å². The lowest BCUT2D eigenvalue weighted by molar-refractivity contribution is -0.118. The molecule has 2 unspecified atom stereocenters. The normalized spacial score (nSPS) is 17.0. The Morgan fingerprint density at radius 3 is 2.81 bits per heavy atom. The topological polar surface area (TPSA) is 96.3 Å². The number of ether oxygens (including phenoxy) is 2. The molecular weight excluding hydrogens is 426 g/mol. The summed E-state index contributed by atoms with van der Waals surface area (Å²) in [4.78, 5) is 19.1. The van der Waals surface area contributed by atoms with Crippen LogP contribution < -0.4 is 16.1 Å². The van der Waals surface area contributed by atoms with E-state index in [9.17, 15) is 4.79 Å². The molecule has 1 aliphatic rings. The molecule has 0 saturated carbocycles. The van der Waals surface area contributed by atoms with Crippen molar-refractivity contribution in [3.05, 3.63) is 45.5 Å². The monoisotopic (exact) mass is 459 g/mol. The zero-order valence-corrected chi connectivity index (χ0v) is 20.4. The minimum Gasteiger partial charge on any atom is -0.497 e. The van der Waals surface area contributed by atoms with Crippen LogP contribution in [-0.2, 0) is 20.7 Å². The van der Waals surface area contributed by atoms with Crippen molar-refractivity contribution in [2.24, 2.45) is 10.1 Å². The average molecular weight is 460 g/mol. The van der Waals surface area contributed by atoms with Gasteiger partial charge in [0.15, 0.2) is 0 Å². The van der Waals surface area contributed by atoms with Gasteiger partial charge in [0.1, 0.15) is 11.6 Å². The Balaban J connectivity index is 2.11. The molecule has 1 amide bonds. The van der Waals surface area contributed by atoms with Gasteiger partial charge in [-0.2, -0.15) is 5.10 Å². The molecule has 1 aromatic rings. The second-order valence-corrected chi connectivity index (χ2v) is 8.60. The summed E-state index contributed by atoms with van der Waals surface area (Å²) in [6.07, 6.45) is 6.05. The van der Waals surface area contributed by atoms with Gasteiger partial charge >= 0.3 is 0 Å². The van der Waals surface area contributed by atoms with E-state index in [1.165, 1.54) is 0 Å². The number of rotatable bonds is 11. The van der Waals surface area contributed by atoms with Crippen molar-refractivity contribution in [1.29, 1.82) is 0 Å². The Hall–Kier alpha value is -2.75. The van der Waals surface area contributed by atoms with Crippen LogP contribution in [0.15, 0.2) is 45.8 Å². The summed E-state index contributed by atoms with van der Waals surface area (Å²) in [7, 11) is 3.28. The van der Waals surface area contributed by atoms with Gasteiger partial charge in [0.05, 0.1) is 31.9 Å². The Bertz CT molecular complexity index is 945. The summed E-state index contributed by atoms with van der Waals surface area (Å²) in [5, 5.41) is 9.98. The number of hydrazone groups is 1. The lowest BCUT2D eigenvalue weighted by atomic mass is 10.2. The lowest BCUT2D eigenvalue weighted by Gasteiger charge is -2.12. The van der Waals surface area contributed by atoms with Crippen LogP contribution in [0.25, 0.3) is 5.57 Å². The van der Waals surface area contributed by atoms with Crippen LogP contribution in [0.3, 0.4) is 0 Å². The highest BCUT2D eigenvalue weighted by molar-refractivity contribution is 7.13. The molecule has 174 valence electrons. The third-order valence-corrected chi connectivity index (χ3v) is 6.22. The van der Waals surface area contributed by atoms with Crippen molar-refractivity contribution >= 4 is 41.1 Å². The van der Waals surface area contributed by atoms with E-state index >= 15 is 0 Å². The van der Waals surface area contributed by atoms with E-state index in [2.05, 4.69) is 27.9 Å². The molecule has 1 aromatic heterocycles. The molecular formula is C23H33N5O3S. The summed E-state index contributed by atoms with van der Waals surface area (Å²) in [6.45, 7) is 11.8. The number of carbonyl (C=O) groups excluding carboxylic acids is 1. The first-order valence-corrected chi connectivity index (χ1v) is 11.2. The van der Waals surface area contributed by atoms with Crippen molar-refractivity contribution in [1.82, 2.24) is 16.1 Å². The van der Waals surface area contributed by atoms with Crippen molar-refractivity contribution in [2.75, 3.05) is 20.8 Å². The van der Waals surface area contributed by atoms with Crippen LogP contribution in [0.5, 0.6) is 0 Å². The van der Waals surface area contributed by atoms with E-state index in [0.717, 1.165) is 32.5 Å². The second-order valence-electron chi connectivity index (χ2n) is 7.47. The van der Waals surface area contributed by atoms with Gasteiger partial charge in [-0.05, 0) is 51.5 Å². The van der Waals surface area contributed by atoms with E-state index in [1.54, 1.807) is 25.6 Å². The molecule has 0 fully saturated rings. The van der Waals surface area contributed by atoms with Gasteiger partial charge in [-0.15, -0.1) is 11.3 Å². The lowest BCUT2D eigenvalue weighted by Crippen LogP contribution is -2.40. The highest BCUT2D eigenvalue weighted by atomic mass is 32.1. The van der Waals surface area contributed by atoms with E-state index in [4.69, 9.17) is 14.5 Å². The zero-order valence-electron chi connectivity index (χ0n) is 19.6. The quantitative estimate of drug-likeness (QED) is 0.204. The maximum Gasteiger partial charge on any atom is 0.230 e. The van der Waals surface area contributed by atoms with Crippen LogP contribution >= 0.6 is 11.3 Å². The molecule has 0 aromatic carbocycles. The number of amides is 1. The number of amidine groups is 1. The third-order valence-electron chi connectivity index (χ3n) is 4.97. The number of hydrogen-bond donors (Lipinski definition) is 3. The number of nitrogens with one attached hydrogen (secondary N) is 3. The summed E-state index contributed by atoms with van der Waals surface area (Å²) in [5.74, 6) is 1.25. The first-order chi connectivity index (χ1) is 15.3. The zero-order chi connectivity index (χ0) is 23.7. The molecule has 2 heterocycles. The number of methoxy groups -OCH3 is 2. The Kier molecular flexibility index (Phi) is 9.83. The smallest absolute Gasteiger partial charge is 0.230 e. The summed E-state index contributed by atoms with van der Waals surface area (Å²) in [5.41, 5.74) is 5.66. The van der Waals surface area contributed by atoms with Gasteiger partial charge in [0.2, 0.25) is 5.91 Å². The predicted octanol–water partition coefficient (Wildman–Crippen LogP) is 3.51. The molecule has 8 nitrogen and oxygen atoms in total. The van der Waals surface area contributed by atoms with Crippen molar-refractivity contribution < 1.29 is 14.3 Å². The van der Waals surface area contributed by atoms with E-state index < -0.39 is 0 Å². The third kappa shape index (κ3) is 7.44. The predicted molar refractivity (Wildman–Crippen MR) is 132 cm³/mol. The molecule has 0 aliphatic carbocycles. The number of hydrogen-bond acceptors (Lipinski definition) is 8. The van der Waals surface area contributed by atoms with Gasteiger partial charge in [0.25, 0.3) is 0 Å². The summed E-state index contributed by atoms with van der Waals surface area (Å²) >= 11 is 1.57. The highest BCUT2D eigenvalue weighted by Gasteiger charge is 2.20. The molecule has 2 rings (SSSR count). The Morgan fingerprint density at radius 2 is 2.16 bits per heavy atom. The first-order valence-electron chi connectivity index (χ1n) is 10.4. The van der Waals surface area contributed by atoms with E-state index in [-0.39, 0.29) is 18.1 Å². The molecule has 1 aliphatic heterocycles. The molecule has 0 saturated heterocycles. The van der Waals surface area contributed by atoms with Gasteiger partial charge in [-0.25, -0.2) is 4.99 Å². The number of thiophene rings is 1. The Labute approximate surface area is 194 Å². The molecule has 0 bridgehead atoms. The van der Waals surface area contributed by atoms with Gasteiger partial charge < -0.3 is 20.1 Å². The number of fused-ring (bicyclic) bond motifs is 1.